The Labute approximate surface area is 135 Å². The summed E-state index contributed by atoms with van der Waals surface area (Å²) in [6.07, 6.45) is 0. The molecule has 0 amide bonds. The molecule has 0 radical (unpaired) electrons. The summed E-state index contributed by atoms with van der Waals surface area (Å²) in [5.41, 5.74) is 1.86. The van der Waals surface area contributed by atoms with Gasteiger partial charge >= 0.3 is 0 Å². The average molecular weight is 347 g/mol. The molecule has 104 valence electrons. The molecule has 0 saturated carbocycles. The van der Waals surface area contributed by atoms with Crippen molar-refractivity contribution in [3.8, 4) is 0 Å². The molecule has 1 aromatic heterocycles. The Balaban J connectivity index is 2.05. The standard InChI is InChI=1S/C20H11BrO/c21-15-6-7-16-19(11-15)22-18-8-5-14-9-12-3-1-2-4-13(12)10-17(14)20(16)18/h1-11H. The Kier molecular flexibility index (Phi) is 2.42. The van der Waals surface area contributed by atoms with Crippen LogP contribution >= 0.6 is 15.9 Å². The summed E-state index contributed by atoms with van der Waals surface area (Å²) in [5.74, 6) is 0. The van der Waals surface area contributed by atoms with Crippen LogP contribution in [-0.4, -0.2) is 0 Å². The fourth-order valence-electron chi connectivity index (χ4n) is 3.26. The summed E-state index contributed by atoms with van der Waals surface area (Å²) in [4.78, 5) is 0. The van der Waals surface area contributed by atoms with Gasteiger partial charge < -0.3 is 4.42 Å². The molecular weight excluding hydrogens is 336 g/mol. The molecule has 1 heterocycles. The van der Waals surface area contributed by atoms with Gasteiger partial charge in [-0.3, -0.25) is 0 Å². The molecule has 0 N–H and O–H groups in total. The molecule has 0 aliphatic rings. The van der Waals surface area contributed by atoms with E-state index in [1.807, 2.05) is 6.07 Å². The summed E-state index contributed by atoms with van der Waals surface area (Å²) in [5, 5.41) is 7.39. The van der Waals surface area contributed by atoms with E-state index in [2.05, 4.69) is 76.6 Å². The highest BCUT2D eigenvalue weighted by atomic mass is 79.9. The average Bonchev–Trinajstić information content (AvgIpc) is 2.90. The van der Waals surface area contributed by atoms with Crippen LogP contribution in [0.5, 0.6) is 0 Å². The quantitative estimate of drug-likeness (QED) is 0.286. The smallest absolute Gasteiger partial charge is 0.136 e. The van der Waals surface area contributed by atoms with Crippen molar-refractivity contribution in [1.29, 1.82) is 0 Å². The molecule has 0 spiro atoms. The normalized spacial score (nSPS) is 11.9. The summed E-state index contributed by atoms with van der Waals surface area (Å²) in [7, 11) is 0. The number of halogens is 1. The lowest BCUT2D eigenvalue weighted by atomic mass is 9.99. The number of fused-ring (bicyclic) bond motifs is 6. The highest BCUT2D eigenvalue weighted by Gasteiger charge is 2.11. The van der Waals surface area contributed by atoms with Crippen molar-refractivity contribution in [2.75, 3.05) is 0 Å². The molecule has 22 heavy (non-hydrogen) atoms. The third-order valence-corrected chi connectivity index (χ3v) is 4.77. The largest absolute Gasteiger partial charge is 0.456 e. The Hall–Kier alpha value is -2.32. The van der Waals surface area contributed by atoms with Crippen LogP contribution < -0.4 is 0 Å². The first-order valence-electron chi connectivity index (χ1n) is 7.23. The van der Waals surface area contributed by atoms with E-state index in [9.17, 15) is 0 Å². The summed E-state index contributed by atoms with van der Waals surface area (Å²) in [6.45, 7) is 0. The van der Waals surface area contributed by atoms with Crippen LogP contribution in [0.2, 0.25) is 0 Å². The summed E-state index contributed by atoms with van der Waals surface area (Å²) < 4.78 is 7.06. The number of hydrogen-bond acceptors (Lipinski definition) is 1. The lowest BCUT2D eigenvalue weighted by Crippen LogP contribution is -1.77. The minimum atomic E-state index is 0.921. The zero-order chi connectivity index (χ0) is 14.7. The SMILES string of the molecule is Brc1ccc2c(c1)oc1ccc3cc4ccccc4cc3c12. The van der Waals surface area contributed by atoms with Crippen molar-refractivity contribution in [3.05, 3.63) is 71.2 Å². The Bertz CT molecular complexity index is 1180. The predicted molar refractivity (Wildman–Crippen MR) is 96.4 cm³/mol. The molecule has 5 aromatic rings. The number of hydrogen-bond donors (Lipinski definition) is 0. The molecule has 2 heteroatoms. The molecule has 0 atom stereocenters. The van der Waals surface area contributed by atoms with Gasteiger partial charge in [0.15, 0.2) is 0 Å². The lowest BCUT2D eigenvalue weighted by Gasteiger charge is -2.03. The van der Waals surface area contributed by atoms with E-state index in [0.717, 1.165) is 15.6 Å². The number of benzene rings is 4. The maximum atomic E-state index is 6.02. The van der Waals surface area contributed by atoms with Crippen LogP contribution in [0, 0.1) is 0 Å². The Morgan fingerprint density at radius 1 is 0.636 bits per heavy atom. The van der Waals surface area contributed by atoms with Gasteiger partial charge in [0, 0.05) is 15.2 Å². The first-order chi connectivity index (χ1) is 10.8. The molecule has 5 rings (SSSR count). The second-order valence-electron chi connectivity index (χ2n) is 5.60. The van der Waals surface area contributed by atoms with Crippen molar-refractivity contribution in [3.63, 3.8) is 0 Å². The molecule has 0 saturated heterocycles. The van der Waals surface area contributed by atoms with E-state index in [1.165, 1.54) is 32.3 Å². The maximum absolute atomic E-state index is 6.02. The van der Waals surface area contributed by atoms with E-state index in [0.29, 0.717) is 0 Å². The van der Waals surface area contributed by atoms with Crippen LogP contribution in [0.1, 0.15) is 0 Å². The summed E-state index contributed by atoms with van der Waals surface area (Å²) >= 11 is 3.51. The zero-order valence-electron chi connectivity index (χ0n) is 11.6. The molecule has 0 aliphatic carbocycles. The second kappa shape index (κ2) is 4.34. The number of rotatable bonds is 0. The Morgan fingerprint density at radius 3 is 2.32 bits per heavy atom. The van der Waals surface area contributed by atoms with Crippen molar-refractivity contribution in [2.24, 2.45) is 0 Å². The molecule has 0 fully saturated rings. The van der Waals surface area contributed by atoms with Gasteiger partial charge in [-0.25, -0.2) is 0 Å². The van der Waals surface area contributed by atoms with Crippen molar-refractivity contribution < 1.29 is 4.42 Å². The summed E-state index contributed by atoms with van der Waals surface area (Å²) in [6, 6.07) is 23.4. The molecule has 0 aliphatic heterocycles. The molecule has 0 unspecified atom stereocenters. The van der Waals surface area contributed by atoms with E-state index in [1.54, 1.807) is 0 Å². The van der Waals surface area contributed by atoms with Crippen LogP contribution in [0.25, 0.3) is 43.5 Å². The van der Waals surface area contributed by atoms with Crippen LogP contribution in [0.4, 0.5) is 0 Å². The maximum Gasteiger partial charge on any atom is 0.136 e. The van der Waals surface area contributed by atoms with E-state index in [4.69, 9.17) is 4.42 Å². The second-order valence-corrected chi connectivity index (χ2v) is 6.52. The van der Waals surface area contributed by atoms with Gasteiger partial charge in [-0.1, -0.05) is 46.3 Å². The van der Waals surface area contributed by atoms with Gasteiger partial charge in [0.2, 0.25) is 0 Å². The predicted octanol–water partition coefficient (Wildman–Crippen LogP) is 6.65. The van der Waals surface area contributed by atoms with E-state index in [-0.39, 0.29) is 0 Å². The third kappa shape index (κ3) is 1.65. The van der Waals surface area contributed by atoms with Crippen LogP contribution in [0.15, 0.2) is 75.6 Å². The van der Waals surface area contributed by atoms with Crippen molar-refractivity contribution >= 4 is 59.4 Å². The minimum Gasteiger partial charge on any atom is -0.456 e. The molecular formula is C20H11BrO. The Morgan fingerprint density at radius 2 is 1.45 bits per heavy atom. The van der Waals surface area contributed by atoms with Gasteiger partial charge in [0.05, 0.1) is 0 Å². The minimum absolute atomic E-state index is 0.921. The molecule has 4 aromatic carbocycles. The highest BCUT2D eigenvalue weighted by Crippen LogP contribution is 2.37. The first-order valence-corrected chi connectivity index (χ1v) is 8.02. The number of furan rings is 1. The zero-order valence-corrected chi connectivity index (χ0v) is 13.2. The van der Waals surface area contributed by atoms with Crippen molar-refractivity contribution in [1.82, 2.24) is 0 Å². The van der Waals surface area contributed by atoms with Gasteiger partial charge in [-0.2, -0.15) is 0 Å². The first kappa shape index (κ1) is 12.2. The van der Waals surface area contributed by atoms with Gasteiger partial charge in [0.25, 0.3) is 0 Å². The van der Waals surface area contributed by atoms with Crippen LogP contribution in [-0.2, 0) is 0 Å². The molecule has 0 bridgehead atoms. The fraction of sp³-hybridized carbons (Fsp3) is 0. The van der Waals surface area contributed by atoms with Gasteiger partial charge in [0.1, 0.15) is 11.2 Å². The topological polar surface area (TPSA) is 13.1 Å². The highest BCUT2D eigenvalue weighted by molar-refractivity contribution is 9.10. The lowest BCUT2D eigenvalue weighted by molar-refractivity contribution is 0.669. The van der Waals surface area contributed by atoms with Gasteiger partial charge in [-0.15, -0.1) is 0 Å². The third-order valence-electron chi connectivity index (χ3n) is 4.28. The fourth-order valence-corrected chi connectivity index (χ4v) is 3.60. The van der Waals surface area contributed by atoms with E-state index >= 15 is 0 Å². The van der Waals surface area contributed by atoms with Crippen molar-refractivity contribution in [2.45, 2.75) is 0 Å². The van der Waals surface area contributed by atoms with Crippen LogP contribution in [0.3, 0.4) is 0 Å². The monoisotopic (exact) mass is 346 g/mol. The van der Waals surface area contributed by atoms with E-state index < -0.39 is 0 Å². The van der Waals surface area contributed by atoms with Gasteiger partial charge in [-0.05, 0) is 57.9 Å². The molecule has 1 nitrogen and oxygen atoms in total.